The summed E-state index contributed by atoms with van der Waals surface area (Å²) in [5, 5.41) is 10.3. The number of rotatable bonds is 4. The van der Waals surface area contributed by atoms with Crippen LogP contribution in [0.1, 0.15) is 12.7 Å². The van der Waals surface area contributed by atoms with Gasteiger partial charge in [0.2, 0.25) is 5.17 Å². The van der Waals surface area contributed by atoms with Crippen LogP contribution < -0.4 is 0 Å². The lowest BCUT2D eigenvalue weighted by molar-refractivity contribution is -0.114. The average Bonchev–Trinajstić information content (AvgIpc) is 3.27. The minimum Gasteiger partial charge on any atom is -0.450 e. The Kier molecular flexibility index (Phi) is 5.24. The first-order valence-corrected chi connectivity index (χ1v) is 10.7. The Morgan fingerprint density at radius 2 is 2.07 bits per heavy atom. The number of nitrogens with zero attached hydrogens (tertiary/aromatic N) is 3. The van der Waals surface area contributed by atoms with Crippen LogP contribution in [0.2, 0.25) is 0 Å². The summed E-state index contributed by atoms with van der Waals surface area (Å²) in [6, 6.07) is 13.5. The van der Waals surface area contributed by atoms with Gasteiger partial charge in [0.25, 0.3) is 5.91 Å². The lowest BCUT2D eigenvalue weighted by atomic mass is 10.1. The van der Waals surface area contributed by atoms with E-state index >= 15 is 0 Å². The van der Waals surface area contributed by atoms with Gasteiger partial charge in [0.05, 0.1) is 17.5 Å². The summed E-state index contributed by atoms with van der Waals surface area (Å²) in [4.78, 5) is 19.1. The number of furan rings is 1. The van der Waals surface area contributed by atoms with Gasteiger partial charge in [-0.15, -0.1) is 0 Å². The fraction of sp³-hybridized carbons (Fsp3) is 0.111. The second kappa shape index (κ2) is 7.79. The molecule has 1 N–H and O–H groups in total. The number of benzene rings is 1. The van der Waals surface area contributed by atoms with Gasteiger partial charge >= 0.3 is 0 Å². The lowest BCUT2D eigenvalue weighted by Crippen LogP contribution is -2.41. The zero-order valence-corrected chi connectivity index (χ0v) is 16.7. The zero-order valence-electron chi connectivity index (χ0n) is 14.2. The number of thioether (sulfide) groups is 1. The summed E-state index contributed by atoms with van der Waals surface area (Å²) >= 11 is 4.13. The first-order chi connectivity index (χ1) is 13.2. The van der Waals surface area contributed by atoms with Crippen molar-refractivity contribution in [2.24, 2.45) is 9.39 Å². The molecule has 6 nitrogen and oxygen atoms in total. The molecule has 1 amide bonds. The number of carbonyl (C=O) groups is 1. The van der Waals surface area contributed by atoms with E-state index in [0.29, 0.717) is 21.2 Å². The van der Waals surface area contributed by atoms with Crippen molar-refractivity contribution < 1.29 is 9.21 Å². The van der Waals surface area contributed by atoms with Crippen LogP contribution in [-0.4, -0.2) is 32.7 Å². The van der Waals surface area contributed by atoms with Crippen LogP contribution in [-0.2, 0) is 4.79 Å². The van der Waals surface area contributed by atoms with Gasteiger partial charge in [-0.05, 0) is 36.1 Å². The van der Waals surface area contributed by atoms with E-state index < -0.39 is 5.91 Å². The summed E-state index contributed by atoms with van der Waals surface area (Å²) in [6.07, 6.45) is 1.57. The van der Waals surface area contributed by atoms with Gasteiger partial charge in [0, 0.05) is 4.90 Å². The van der Waals surface area contributed by atoms with E-state index in [9.17, 15) is 4.79 Å². The van der Waals surface area contributed by atoms with Crippen molar-refractivity contribution in [2.45, 2.75) is 16.9 Å². The highest BCUT2D eigenvalue weighted by atomic mass is 32.2. The first kappa shape index (κ1) is 18.1. The van der Waals surface area contributed by atoms with E-state index in [1.807, 2.05) is 43.3 Å². The number of carbonyl (C=O) groups excluding carboxylic acids is 1. The van der Waals surface area contributed by atoms with Crippen molar-refractivity contribution in [1.82, 2.24) is 4.90 Å². The van der Waals surface area contributed by atoms with E-state index in [1.165, 1.54) is 23.5 Å². The minimum absolute atomic E-state index is 0.0726. The van der Waals surface area contributed by atoms with Crippen LogP contribution in [0.4, 0.5) is 0 Å². The Bertz CT molecular complexity index is 995. The maximum absolute atomic E-state index is 12.4. The molecule has 0 saturated carbocycles. The summed E-state index contributed by atoms with van der Waals surface area (Å²) in [5.41, 5.74) is 0.191. The van der Waals surface area contributed by atoms with E-state index in [0.717, 1.165) is 22.6 Å². The topological polar surface area (TPSA) is 82.0 Å². The Labute approximate surface area is 168 Å². The van der Waals surface area contributed by atoms with E-state index in [-0.39, 0.29) is 11.4 Å². The predicted molar refractivity (Wildman–Crippen MR) is 112 cm³/mol. The van der Waals surface area contributed by atoms with Crippen molar-refractivity contribution in [3.05, 3.63) is 53.8 Å². The number of hydrogen-bond acceptors (Lipinski definition) is 7. The third-order valence-electron chi connectivity index (χ3n) is 3.62. The van der Waals surface area contributed by atoms with Gasteiger partial charge in [-0.3, -0.25) is 10.2 Å². The van der Waals surface area contributed by atoms with Crippen molar-refractivity contribution in [3.63, 3.8) is 0 Å². The van der Waals surface area contributed by atoms with Gasteiger partial charge < -0.3 is 4.42 Å². The zero-order chi connectivity index (χ0) is 18.8. The molecule has 0 spiro atoms. The van der Waals surface area contributed by atoms with E-state index in [1.54, 1.807) is 17.0 Å². The fourth-order valence-electron chi connectivity index (χ4n) is 2.44. The third kappa shape index (κ3) is 3.76. The molecule has 0 unspecified atom stereocenters. The molecular formula is C18H14N4O2S3. The number of fused-ring (bicyclic) bond motifs is 1. The van der Waals surface area contributed by atoms with E-state index in [2.05, 4.69) is 9.39 Å². The molecule has 0 saturated heterocycles. The summed E-state index contributed by atoms with van der Waals surface area (Å²) in [6.45, 7) is 2.01. The maximum atomic E-state index is 12.4. The molecular weight excluding hydrogens is 400 g/mol. The summed E-state index contributed by atoms with van der Waals surface area (Å²) in [5.74, 6) is 0.948. The standard InChI is InChI=1S/C18H14N4O2S3/c1-2-25-18-21-27-17-20-16(23)13(15(19)22(17)18)10-11-8-9-14(24-11)26-12-6-4-3-5-7-12/h3-10,19H,2H2,1H3/b13-10-,19-15?. The van der Waals surface area contributed by atoms with Crippen molar-refractivity contribution in [3.8, 4) is 0 Å². The lowest BCUT2D eigenvalue weighted by Gasteiger charge is -2.23. The van der Waals surface area contributed by atoms with Crippen molar-refractivity contribution in [1.29, 1.82) is 5.41 Å². The first-order valence-electron chi connectivity index (χ1n) is 8.10. The van der Waals surface area contributed by atoms with Gasteiger partial charge in [-0.1, -0.05) is 48.6 Å². The molecule has 27 heavy (non-hydrogen) atoms. The van der Waals surface area contributed by atoms with Crippen LogP contribution in [0.15, 0.2) is 71.8 Å². The van der Waals surface area contributed by atoms with E-state index in [4.69, 9.17) is 9.83 Å². The van der Waals surface area contributed by atoms with Gasteiger partial charge in [-0.2, -0.15) is 9.39 Å². The fourth-order valence-corrected chi connectivity index (χ4v) is 4.81. The molecule has 2 aromatic rings. The van der Waals surface area contributed by atoms with Gasteiger partial charge in [0.15, 0.2) is 10.3 Å². The van der Waals surface area contributed by atoms with Crippen molar-refractivity contribution in [2.75, 3.05) is 5.75 Å². The quantitative estimate of drug-likeness (QED) is 0.574. The van der Waals surface area contributed by atoms with Crippen LogP contribution in [0.25, 0.3) is 6.08 Å². The molecule has 0 aliphatic carbocycles. The Morgan fingerprint density at radius 1 is 1.26 bits per heavy atom. The molecule has 0 bridgehead atoms. The van der Waals surface area contributed by atoms with Gasteiger partial charge in [0.1, 0.15) is 11.6 Å². The maximum Gasteiger partial charge on any atom is 0.283 e. The molecule has 3 heterocycles. The highest BCUT2D eigenvalue weighted by Crippen LogP contribution is 2.33. The SMILES string of the molecule is CCSC1=NSC2=NC(=O)/C(=C\c3ccc(Sc4ccccc4)o3)C(=N)N12. The molecule has 2 aliphatic heterocycles. The Morgan fingerprint density at radius 3 is 2.85 bits per heavy atom. The molecule has 4 rings (SSSR count). The number of aliphatic imine (C=N–C) groups is 1. The second-order valence-electron chi connectivity index (χ2n) is 5.41. The Hall–Kier alpha value is -2.23. The van der Waals surface area contributed by atoms with Crippen LogP contribution in [0.5, 0.6) is 0 Å². The minimum atomic E-state index is -0.453. The number of hydrogen-bond donors (Lipinski definition) is 1. The smallest absolute Gasteiger partial charge is 0.283 e. The summed E-state index contributed by atoms with van der Waals surface area (Å²) < 4.78 is 10.1. The molecule has 2 aliphatic rings. The average molecular weight is 415 g/mol. The van der Waals surface area contributed by atoms with Crippen LogP contribution >= 0.6 is 35.5 Å². The van der Waals surface area contributed by atoms with Crippen molar-refractivity contribution >= 4 is 63.6 Å². The monoisotopic (exact) mass is 414 g/mol. The van der Waals surface area contributed by atoms with Gasteiger partial charge in [-0.25, -0.2) is 4.90 Å². The number of nitrogens with one attached hydrogen (secondary N) is 1. The molecule has 1 aromatic heterocycles. The normalized spacial score (nSPS) is 18.0. The van der Waals surface area contributed by atoms with Crippen LogP contribution in [0.3, 0.4) is 0 Å². The summed E-state index contributed by atoms with van der Waals surface area (Å²) in [7, 11) is 0. The van der Waals surface area contributed by atoms with Crippen LogP contribution in [0, 0.1) is 5.41 Å². The molecule has 0 fully saturated rings. The predicted octanol–water partition coefficient (Wildman–Crippen LogP) is 4.76. The highest BCUT2D eigenvalue weighted by molar-refractivity contribution is 8.19. The third-order valence-corrected chi connectivity index (χ3v) is 6.18. The Balaban J connectivity index is 1.58. The highest BCUT2D eigenvalue weighted by Gasteiger charge is 2.37. The molecule has 9 heteroatoms. The molecule has 0 atom stereocenters. The number of amides is 1. The molecule has 1 aromatic carbocycles. The largest absolute Gasteiger partial charge is 0.450 e. The number of amidine groups is 3. The second-order valence-corrected chi connectivity index (χ2v) is 8.45. The molecule has 0 radical (unpaired) electrons. The molecule has 136 valence electrons.